The highest BCUT2D eigenvalue weighted by molar-refractivity contribution is 5.93. The van der Waals surface area contributed by atoms with Crippen molar-refractivity contribution in [1.29, 1.82) is 0 Å². The van der Waals surface area contributed by atoms with Gasteiger partial charge in [0.1, 0.15) is 5.75 Å². The Morgan fingerprint density at radius 2 is 1.74 bits per heavy atom. The lowest BCUT2D eigenvalue weighted by Gasteiger charge is -2.26. The molecular weight excluding hydrogens is 340 g/mol. The van der Waals surface area contributed by atoms with E-state index in [1.807, 2.05) is 70.2 Å². The molecule has 4 rings (SSSR count). The highest BCUT2D eigenvalue weighted by atomic mass is 16.5. The molecule has 2 aromatic carbocycles. The van der Waals surface area contributed by atoms with Gasteiger partial charge in [0, 0.05) is 31.7 Å². The monoisotopic (exact) mass is 362 g/mol. The van der Waals surface area contributed by atoms with Gasteiger partial charge in [0.15, 0.2) is 5.69 Å². The Bertz CT molecular complexity index is 913. The van der Waals surface area contributed by atoms with Crippen LogP contribution >= 0.6 is 0 Å². The molecule has 0 unspecified atom stereocenters. The van der Waals surface area contributed by atoms with Crippen molar-refractivity contribution in [2.24, 2.45) is 0 Å². The quantitative estimate of drug-likeness (QED) is 0.775. The number of nitrogens with zero attached hydrogens (tertiary/aromatic N) is 3. The zero-order chi connectivity index (χ0) is 18.6. The lowest BCUT2D eigenvalue weighted by atomic mass is 10.1. The fourth-order valence-electron chi connectivity index (χ4n) is 3.25. The molecule has 1 aliphatic heterocycles. The van der Waals surface area contributed by atoms with Gasteiger partial charge in [-0.15, -0.1) is 0 Å². The van der Waals surface area contributed by atoms with Crippen molar-refractivity contribution in [2.45, 2.75) is 0 Å². The van der Waals surface area contributed by atoms with E-state index in [4.69, 9.17) is 4.74 Å². The van der Waals surface area contributed by atoms with Gasteiger partial charge < -0.3 is 15.0 Å². The predicted molar refractivity (Wildman–Crippen MR) is 104 cm³/mol. The molecule has 1 N–H and O–H groups in total. The number of hydrogen-bond donors (Lipinski definition) is 1. The van der Waals surface area contributed by atoms with Gasteiger partial charge in [-0.2, -0.15) is 5.10 Å². The number of amides is 1. The molecule has 6 heteroatoms. The fourth-order valence-corrected chi connectivity index (χ4v) is 3.25. The van der Waals surface area contributed by atoms with E-state index in [1.54, 1.807) is 7.11 Å². The molecule has 0 radical (unpaired) electrons. The van der Waals surface area contributed by atoms with Gasteiger partial charge in [-0.05, 0) is 30.3 Å². The Balaban J connectivity index is 1.75. The SMILES string of the molecule is COc1ccc(-n2nc(C(=O)N3CCNCC3)cc2-c2ccccc2)cc1. The van der Waals surface area contributed by atoms with E-state index in [-0.39, 0.29) is 5.91 Å². The first-order valence-corrected chi connectivity index (χ1v) is 9.06. The predicted octanol–water partition coefficient (Wildman–Crippen LogP) is 2.59. The number of aromatic nitrogens is 2. The van der Waals surface area contributed by atoms with Crippen molar-refractivity contribution < 1.29 is 9.53 Å². The molecule has 0 atom stereocenters. The third-order valence-corrected chi connectivity index (χ3v) is 4.72. The number of rotatable bonds is 4. The second-order valence-corrected chi connectivity index (χ2v) is 6.43. The van der Waals surface area contributed by atoms with Crippen LogP contribution in [0.15, 0.2) is 60.7 Å². The van der Waals surface area contributed by atoms with Crippen molar-refractivity contribution in [2.75, 3.05) is 33.3 Å². The standard InChI is InChI=1S/C21H22N4O2/c1-27-18-9-7-17(8-10-18)25-20(16-5-3-2-4-6-16)15-19(23-25)21(26)24-13-11-22-12-14-24/h2-10,15,22H,11-14H2,1H3. The van der Waals surface area contributed by atoms with E-state index in [1.165, 1.54) is 0 Å². The van der Waals surface area contributed by atoms with Crippen LogP contribution in [0.25, 0.3) is 16.9 Å². The van der Waals surface area contributed by atoms with Crippen LogP contribution in [0.2, 0.25) is 0 Å². The van der Waals surface area contributed by atoms with Gasteiger partial charge in [0.2, 0.25) is 0 Å². The van der Waals surface area contributed by atoms with Crippen LogP contribution in [0, 0.1) is 0 Å². The van der Waals surface area contributed by atoms with E-state index in [0.29, 0.717) is 18.8 Å². The summed E-state index contributed by atoms with van der Waals surface area (Å²) < 4.78 is 7.07. The molecule has 3 aromatic rings. The fraction of sp³-hybridized carbons (Fsp3) is 0.238. The minimum absolute atomic E-state index is 0.0269. The van der Waals surface area contributed by atoms with E-state index in [0.717, 1.165) is 35.8 Å². The summed E-state index contributed by atoms with van der Waals surface area (Å²) in [5.41, 5.74) is 3.25. The molecule has 0 saturated carbocycles. The van der Waals surface area contributed by atoms with Crippen molar-refractivity contribution in [1.82, 2.24) is 20.0 Å². The van der Waals surface area contributed by atoms with Crippen molar-refractivity contribution in [3.05, 3.63) is 66.4 Å². The first-order valence-electron chi connectivity index (χ1n) is 9.06. The molecule has 1 amide bonds. The summed E-state index contributed by atoms with van der Waals surface area (Å²) in [6, 6.07) is 19.5. The third kappa shape index (κ3) is 3.57. The average Bonchev–Trinajstić information content (AvgIpc) is 3.20. The van der Waals surface area contributed by atoms with Gasteiger partial charge in [-0.25, -0.2) is 4.68 Å². The molecular formula is C21H22N4O2. The second-order valence-electron chi connectivity index (χ2n) is 6.43. The molecule has 2 heterocycles. The van der Waals surface area contributed by atoms with Gasteiger partial charge in [-0.3, -0.25) is 4.79 Å². The Kier molecular flexibility index (Phi) is 4.89. The molecule has 138 valence electrons. The molecule has 0 spiro atoms. The molecule has 0 bridgehead atoms. The van der Waals surface area contributed by atoms with Crippen LogP contribution in [0.1, 0.15) is 10.5 Å². The van der Waals surface area contributed by atoms with Gasteiger partial charge in [0.05, 0.1) is 18.5 Å². The molecule has 27 heavy (non-hydrogen) atoms. The minimum Gasteiger partial charge on any atom is -0.497 e. The Morgan fingerprint density at radius 1 is 1.04 bits per heavy atom. The zero-order valence-electron chi connectivity index (χ0n) is 15.3. The molecule has 0 aliphatic carbocycles. The van der Waals surface area contributed by atoms with Crippen molar-refractivity contribution in [3.8, 4) is 22.7 Å². The van der Waals surface area contributed by atoms with E-state index < -0.39 is 0 Å². The lowest BCUT2D eigenvalue weighted by molar-refractivity contribution is 0.0729. The van der Waals surface area contributed by atoms with Crippen molar-refractivity contribution in [3.63, 3.8) is 0 Å². The van der Waals surface area contributed by atoms with Crippen LogP contribution in [-0.2, 0) is 0 Å². The molecule has 6 nitrogen and oxygen atoms in total. The summed E-state index contributed by atoms with van der Waals surface area (Å²) in [5.74, 6) is 0.755. The van der Waals surface area contributed by atoms with Crippen LogP contribution in [0.4, 0.5) is 0 Å². The van der Waals surface area contributed by atoms with Gasteiger partial charge in [0.25, 0.3) is 5.91 Å². The zero-order valence-corrected chi connectivity index (χ0v) is 15.3. The maximum atomic E-state index is 12.9. The van der Waals surface area contributed by atoms with E-state index in [2.05, 4.69) is 10.4 Å². The second kappa shape index (κ2) is 7.63. The highest BCUT2D eigenvalue weighted by Gasteiger charge is 2.23. The smallest absolute Gasteiger partial charge is 0.274 e. The molecule has 1 aromatic heterocycles. The third-order valence-electron chi connectivity index (χ3n) is 4.72. The number of piperazine rings is 1. The summed E-state index contributed by atoms with van der Waals surface area (Å²) in [6.07, 6.45) is 0. The Hall–Kier alpha value is -3.12. The largest absolute Gasteiger partial charge is 0.497 e. The highest BCUT2D eigenvalue weighted by Crippen LogP contribution is 2.25. The molecule has 1 saturated heterocycles. The number of hydrogen-bond acceptors (Lipinski definition) is 4. The topological polar surface area (TPSA) is 59.4 Å². The van der Waals surface area contributed by atoms with Crippen LogP contribution < -0.4 is 10.1 Å². The van der Waals surface area contributed by atoms with E-state index >= 15 is 0 Å². The number of nitrogens with one attached hydrogen (secondary N) is 1. The normalized spacial score (nSPS) is 14.2. The van der Waals surface area contributed by atoms with Gasteiger partial charge in [-0.1, -0.05) is 30.3 Å². The van der Waals surface area contributed by atoms with Crippen LogP contribution in [-0.4, -0.2) is 53.9 Å². The summed E-state index contributed by atoms with van der Waals surface area (Å²) in [5, 5.41) is 7.92. The molecule has 1 fully saturated rings. The van der Waals surface area contributed by atoms with Crippen LogP contribution in [0.3, 0.4) is 0 Å². The summed E-state index contributed by atoms with van der Waals surface area (Å²) in [4.78, 5) is 14.8. The van der Waals surface area contributed by atoms with Crippen molar-refractivity contribution >= 4 is 5.91 Å². The summed E-state index contributed by atoms with van der Waals surface area (Å²) in [6.45, 7) is 3.04. The summed E-state index contributed by atoms with van der Waals surface area (Å²) >= 11 is 0. The first kappa shape index (κ1) is 17.3. The maximum absolute atomic E-state index is 12.9. The van der Waals surface area contributed by atoms with Gasteiger partial charge >= 0.3 is 0 Å². The summed E-state index contributed by atoms with van der Waals surface area (Å²) in [7, 11) is 1.64. The van der Waals surface area contributed by atoms with Crippen LogP contribution in [0.5, 0.6) is 5.75 Å². The number of benzene rings is 2. The average molecular weight is 362 g/mol. The minimum atomic E-state index is -0.0269. The maximum Gasteiger partial charge on any atom is 0.274 e. The lowest BCUT2D eigenvalue weighted by Crippen LogP contribution is -2.46. The number of ether oxygens (including phenoxy) is 1. The van der Waals surface area contributed by atoms with E-state index in [9.17, 15) is 4.79 Å². The Labute approximate surface area is 158 Å². The number of carbonyl (C=O) groups is 1. The first-order chi connectivity index (χ1) is 13.3. The number of carbonyl (C=O) groups excluding carboxylic acids is 1. The molecule has 1 aliphatic rings. The number of methoxy groups -OCH3 is 1. The Morgan fingerprint density at radius 3 is 2.41 bits per heavy atom.